The first-order valence-electron chi connectivity index (χ1n) is 11.3. The second-order valence-corrected chi connectivity index (χ2v) is 8.38. The predicted molar refractivity (Wildman–Crippen MR) is 130 cm³/mol. The van der Waals surface area contributed by atoms with Crippen LogP contribution in [-0.2, 0) is 23.9 Å². The highest BCUT2D eigenvalue weighted by molar-refractivity contribution is 6.03. The van der Waals surface area contributed by atoms with Crippen LogP contribution in [0.25, 0.3) is 0 Å². The van der Waals surface area contributed by atoms with Crippen molar-refractivity contribution >= 4 is 29.5 Å². The van der Waals surface area contributed by atoms with Gasteiger partial charge in [0.15, 0.2) is 5.78 Å². The SMILES string of the molecule is COC(=O)[C@@H]1CC(=O)CN1C(=O)c1ccccc1.COC(=O)[C@@H]1CC(C)=CN1C(=O)c1ccccc1. The van der Waals surface area contributed by atoms with Gasteiger partial charge in [-0.05, 0) is 31.2 Å². The quantitative estimate of drug-likeness (QED) is 0.604. The maximum absolute atomic E-state index is 12.3. The predicted octanol–water partition coefficient (Wildman–Crippen LogP) is 2.62. The van der Waals surface area contributed by atoms with Gasteiger partial charge < -0.3 is 19.3 Å². The third-order valence-corrected chi connectivity index (χ3v) is 5.84. The normalized spacial score (nSPS) is 18.6. The van der Waals surface area contributed by atoms with Gasteiger partial charge in [0.1, 0.15) is 12.1 Å². The fourth-order valence-corrected chi connectivity index (χ4v) is 4.04. The van der Waals surface area contributed by atoms with Gasteiger partial charge in [-0.1, -0.05) is 42.0 Å². The molecule has 0 bridgehead atoms. The summed E-state index contributed by atoms with van der Waals surface area (Å²) >= 11 is 0. The summed E-state index contributed by atoms with van der Waals surface area (Å²) in [6.07, 6.45) is 2.29. The maximum Gasteiger partial charge on any atom is 0.329 e. The van der Waals surface area contributed by atoms with Gasteiger partial charge in [-0.2, -0.15) is 0 Å². The molecule has 2 aromatic rings. The zero-order valence-electron chi connectivity index (χ0n) is 20.4. The van der Waals surface area contributed by atoms with Crippen molar-refractivity contribution in [1.29, 1.82) is 0 Å². The highest BCUT2D eigenvalue weighted by Crippen LogP contribution is 2.24. The number of esters is 2. The molecule has 2 atom stereocenters. The molecule has 36 heavy (non-hydrogen) atoms. The van der Waals surface area contributed by atoms with Crippen molar-refractivity contribution in [3.8, 4) is 0 Å². The smallest absolute Gasteiger partial charge is 0.329 e. The number of ketones is 1. The van der Waals surface area contributed by atoms with Gasteiger partial charge in [0.2, 0.25) is 0 Å². The molecule has 0 spiro atoms. The van der Waals surface area contributed by atoms with Gasteiger partial charge in [-0.15, -0.1) is 0 Å². The summed E-state index contributed by atoms with van der Waals surface area (Å²) in [5.41, 5.74) is 2.02. The molecule has 0 aliphatic carbocycles. The molecule has 9 nitrogen and oxygen atoms in total. The van der Waals surface area contributed by atoms with E-state index < -0.39 is 18.1 Å². The van der Waals surface area contributed by atoms with Gasteiger partial charge in [-0.3, -0.25) is 14.4 Å². The number of benzene rings is 2. The molecule has 0 saturated carbocycles. The van der Waals surface area contributed by atoms with Gasteiger partial charge in [0.05, 0.1) is 20.8 Å². The Balaban J connectivity index is 0.000000201. The number of likely N-dealkylation sites (tertiary alicyclic amines) is 1. The Morgan fingerprint density at radius 3 is 1.78 bits per heavy atom. The van der Waals surface area contributed by atoms with Crippen molar-refractivity contribution in [2.24, 2.45) is 0 Å². The Morgan fingerprint density at radius 2 is 1.25 bits per heavy atom. The molecule has 2 aliphatic rings. The van der Waals surface area contributed by atoms with E-state index in [1.54, 1.807) is 60.8 Å². The fraction of sp³-hybridized carbons (Fsp3) is 0.296. The van der Waals surface area contributed by atoms with E-state index in [1.165, 1.54) is 24.0 Å². The highest BCUT2D eigenvalue weighted by Gasteiger charge is 2.39. The molecule has 9 heteroatoms. The van der Waals surface area contributed by atoms with E-state index in [9.17, 15) is 24.0 Å². The van der Waals surface area contributed by atoms with Crippen molar-refractivity contribution in [2.75, 3.05) is 20.8 Å². The lowest BCUT2D eigenvalue weighted by Crippen LogP contribution is -2.41. The lowest BCUT2D eigenvalue weighted by atomic mass is 10.1. The van der Waals surface area contributed by atoms with Gasteiger partial charge >= 0.3 is 11.9 Å². The molecule has 0 N–H and O–H groups in total. The van der Waals surface area contributed by atoms with Crippen molar-refractivity contribution in [1.82, 2.24) is 9.80 Å². The monoisotopic (exact) mass is 492 g/mol. The average molecular weight is 493 g/mol. The number of methoxy groups -OCH3 is 2. The number of ether oxygens (including phenoxy) is 2. The van der Waals surface area contributed by atoms with E-state index in [4.69, 9.17) is 4.74 Å². The maximum atomic E-state index is 12.3. The molecule has 1 fully saturated rings. The van der Waals surface area contributed by atoms with Gasteiger partial charge in [-0.25, -0.2) is 9.59 Å². The molecule has 1 saturated heterocycles. The number of nitrogens with zero attached hydrogens (tertiary/aromatic N) is 2. The van der Waals surface area contributed by atoms with E-state index in [-0.39, 0.29) is 36.5 Å². The summed E-state index contributed by atoms with van der Waals surface area (Å²) in [4.78, 5) is 61.8. The number of hydrogen-bond acceptors (Lipinski definition) is 7. The van der Waals surface area contributed by atoms with E-state index in [0.717, 1.165) is 5.57 Å². The zero-order chi connectivity index (χ0) is 26.2. The molecule has 0 unspecified atom stereocenters. The number of carbonyl (C=O) groups excluding carboxylic acids is 5. The molecule has 2 amide bonds. The summed E-state index contributed by atoms with van der Waals surface area (Å²) in [5, 5.41) is 0. The topological polar surface area (TPSA) is 110 Å². The van der Waals surface area contributed by atoms with Crippen LogP contribution in [0.4, 0.5) is 0 Å². The minimum atomic E-state index is -0.796. The Morgan fingerprint density at radius 1 is 0.750 bits per heavy atom. The lowest BCUT2D eigenvalue weighted by molar-refractivity contribution is -0.145. The van der Waals surface area contributed by atoms with Gasteiger partial charge in [0, 0.05) is 30.2 Å². The molecule has 188 valence electrons. The van der Waals surface area contributed by atoms with Crippen molar-refractivity contribution < 1.29 is 33.4 Å². The van der Waals surface area contributed by atoms with E-state index in [1.807, 2.05) is 13.0 Å². The zero-order valence-corrected chi connectivity index (χ0v) is 20.4. The van der Waals surface area contributed by atoms with Crippen LogP contribution in [0.15, 0.2) is 72.4 Å². The Bertz CT molecular complexity index is 1160. The summed E-state index contributed by atoms with van der Waals surface area (Å²) in [6, 6.07) is 16.1. The van der Waals surface area contributed by atoms with Gasteiger partial charge in [0.25, 0.3) is 11.8 Å². The number of Topliss-reactive ketones (excluding diaryl/α,β-unsaturated/α-hetero) is 1. The molecular weight excluding hydrogens is 464 g/mol. The number of rotatable bonds is 4. The standard InChI is InChI=1S/C14H15NO3.C13H13NO4/c1-10-8-12(14(17)18-2)15(9-10)13(16)11-6-4-3-5-7-11;1-18-13(17)11-7-10(15)8-14(11)12(16)9-5-3-2-4-6-9/h3-7,9,12H,8H2,1-2H3;2-6,11H,7-8H2,1H3/t12-;11-/m00/s1. The van der Waals surface area contributed by atoms with Crippen LogP contribution in [0.1, 0.15) is 40.5 Å². The second kappa shape index (κ2) is 11.9. The van der Waals surface area contributed by atoms with Crippen LogP contribution in [0.5, 0.6) is 0 Å². The highest BCUT2D eigenvalue weighted by atomic mass is 16.5. The number of hydrogen-bond donors (Lipinski definition) is 0. The summed E-state index contributed by atoms with van der Waals surface area (Å²) < 4.78 is 9.35. The molecule has 0 aromatic heterocycles. The van der Waals surface area contributed by atoms with Crippen molar-refractivity contribution in [3.63, 3.8) is 0 Å². The first kappa shape index (κ1) is 26.3. The van der Waals surface area contributed by atoms with E-state index in [0.29, 0.717) is 17.5 Å². The fourth-order valence-electron chi connectivity index (χ4n) is 4.04. The van der Waals surface area contributed by atoms with Crippen LogP contribution < -0.4 is 0 Å². The minimum absolute atomic E-state index is 0.0330. The number of carbonyl (C=O) groups is 5. The third kappa shape index (κ3) is 6.04. The Kier molecular flexibility index (Phi) is 8.72. The van der Waals surface area contributed by atoms with Crippen LogP contribution >= 0.6 is 0 Å². The van der Waals surface area contributed by atoms with Crippen LogP contribution in [-0.4, -0.2) is 72.2 Å². The second-order valence-electron chi connectivity index (χ2n) is 8.38. The molecule has 2 aromatic carbocycles. The van der Waals surface area contributed by atoms with Crippen LogP contribution in [0, 0.1) is 0 Å². The van der Waals surface area contributed by atoms with Crippen molar-refractivity contribution in [2.45, 2.75) is 31.8 Å². The first-order chi connectivity index (χ1) is 17.3. The Labute approximate surface area is 209 Å². The Hall–Kier alpha value is -4.27. The minimum Gasteiger partial charge on any atom is -0.467 e. The molecule has 2 heterocycles. The summed E-state index contributed by atoms with van der Waals surface area (Å²) in [5.74, 6) is -1.56. The average Bonchev–Trinajstić information content (AvgIpc) is 3.50. The lowest BCUT2D eigenvalue weighted by Gasteiger charge is -2.21. The molecule has 0 radical (unpaired) electrons. The van der Waals surface area contributed by atoms with E-state index in [2.05, 4.69) is 4.74 Å². The third-order valence-electron chi connectivity index (χ3n) is 5.84. The van der Waals surface area contributed by atoms with Crippen LogP contribution in [0.2, 0.25) is 0 Å². The summed E-state index contributed by atoms with van der Waals surface area (Å²) in [6.45, 7) is 1.86. The molecular formula is C27H28N2O7. The van der Waals surface area contributed by atoms with E-state index >= 15 is 0 Å². The first-order valence-corrected chi connectivity index (χ1v) is 11.3. The largest absolute Gasteiger partial charge is 0.467 e. The number of amides is 2. The molecule has 2 aliphatic heterocycles. The molecule has 4 rings (SSSR count). The van der Waals surface area contributed by atoms with Crippen molar-refractivity contribution in [3.05, 3.63) is 83.6 Å². The summed E-state index contributed by atoms with van der Waals surface area (Å²) in [7, 11) is 2.58. The van der Waals surface area contributed by atoms with Crippen LogP contribution in [0.3, 0.4) is 0 Å².